The van der Waals surface area contributed by atoms with E-state index in [1.165, 1.54) is 0 Å². The van der Waals surface area contributed by atoms with Crippen molar-refractivity contribution in [2.45, 2.75) is 63.3 Å². The van der Waals surface area contributed by atoms with Crippen LogP contribution in [0.1, 0.15) is 67.6 Å². The van der Waals surface area contributed by atoms with Crippen LogP contribution in [0, 0.1) is 22.7 Å². The van der Waals surface area contributed by atoms with E-state index >= 15 is 0 Å². The number of nitrogens with two attached hydrogens (primary N) is 2. The molecule has 1 heterocycles. The highest BCUT2D eigenvalue weighted by Gasteiger charge is 2.34. The number of amidine groups is 1. The number of likely N-dealkylation sites (tertiary alicyclic amines) is 1. The highest BCUT2D eigenvalue weighted by Crippen LogP contribution is 2.31. The standard InChI is InChI=1S/C31H42ClN7O2/c32-26-9-5-4-8-24(26)25(18-20-10-12-23(13-11-20)28(33)34)29(40)38-27(22-6-2-1-3-7-22)30(41)37-19-21-14-16-39(17-15-21)31(35)36/h4-5,8-13,21-22,25,27H,1-3,6-7,14-19H2,(H3,33,34)(H3,35,36)(H,37,41)(H,38,40)/t25?,27-/m0/s1. The van der Waals surface area contributed by atoms with E-state index in [-0.39, 0.29) is 29.5 Å². The highest BCUT2D eigenvalue weighted by atomic mass is 35.5. The molecule has 2 aromatic carbocycles. The van der Waals surface area contributed by atoms with E-state index in [1.54, 1.807) is 18.2 Å². The Bertz CT molecular complexity index is 1220. The number of carbonyl (C=O) groups excluding carboxylic acids is 2. The van der Waals surface area contributed by atoms with Crippen LogP contribution in [0.3, 0.4) is 0 Å². The first-order chi connectivity index (χ1) is 19.7. The maximum Gasteiger partial charge on any atom is 0.242 e. The first-order valence-corrected chi connectivity index (χ1v) is 15.0. The van der Waals surface area contributed by atoms with Crippen molar-refractivity contribution in [1.29, 1.82) is 10.8 Å². The van der Waals surface area contributed by atoms with Gasteiger partial charge in [0.25, 0.3) is 0 Å². The summed E-state index contributed by atoms with van der Waals surface area (Å²) >= 11 is 6.58. The fourth-order valence-corrected chi connectivity index (χ4v) is 6.28. The molecular weight excluding hydrogens is 538 g/mol. The number of nitrogen functional groups attached to an aromatic ring is 1. The second kappa shape index (κ2) is 14.3. The molecule has 1 unspecified atom stereocenters. The van der Waals surface area contributed by atoms with Gasteiger partial charge < -0.3 is 27.0 Å². The number of hydrogen-bond acceptors (Lipinski definition) is 4. The second-order valence-electron chi connectivity index (χ2n) is 11.3. The fraction of sp³-hybridized carbons (Fsp3) is 0.484. The third kappa shape index (κ3) is 8.22. The number of halogens is 1. The minimum absolute atomic E-state index is 0.0114. The van der Waals surface area contributed by atoms with E-state index < -0.39 is 12.0 Å². The lowest BCUT2D eigenvalue weighted by Gasteiger charge is -2.34. The molecule has 1 saturated carbocycles. The number of amides is 2. The van der Waals surface area contributed by atoms with Crippen molar-refractivity contribution in [1.82, 2.24) is 15.5 Å². The van der Waals surface area contributed by atoms with Crippen LogP contribution in [-0.2, 0) is 16.0 Å². The highest BCUT2D eigenvalue weighted by molar-refractivity contribution is 6.31. The largest absolute Gasteiger partial charge is 0.384 e. The average molecular weight is 580 g/mol. The zero-order chi connectivity index (χ0) is 29.4. The molecule has 1 aliphatic heterocycles. The summed E-state index contributed by atoms with van der Waals surface area (Å²) in [6.07, 6.45) is 7.15. The topological polar surface area (TPSA) is 161 Å². The lowest BCUT2D eigenvalue weighted by atomic mass is 9.82. The molecule has 2 amide bonds. The number of nitrogens with one attached hydrogen (secondary N) is 4. The van der Waals surface area contributed by atoms with Crippen LogP contribution in [0.15, 0.2) is 48.5 Å². The summed E-state index contributed by atoms with van der Waals surface area (Å²) in [6.45, 7) is 1.97. The van der Waals surface area contributed by atoms with Crippen molar-refractivity contribution in [2.24, 2.45) is 23.3 Å². The number of piperidine rings is 1. The quantitative estimate of drug-likeness (QED) is 0.186. The van der Waals surface area contributed by atoms with Gasteiger partial charge in [-0.25, -0.2) is 0 Å². The molecule has 0 aromatic heterocycles. The van der Waals surface area contributed by atoms with Crippen molar-refractivity contribution in [3.8, 4) is 0 Å². The monoisotopic (exact) mass is 579 g/mol. The predicted molar refractivity (Wildman–Crippen MR) is 163 cm³/mol. The summed E-state index contributed by atoms with van der Waals surface area (Å²) in [4.78, 5) is 29.5. The molecule has 1 aliphatic carbocycles. The summed E-state index contributed by atoms with van der Waals surface area (Å²) in [5.74, 6) is -0.489. The van der Waals surface area contributed by atoms with Crippen LogP contribution < -0.4 is 22.1 Å². The van der Waals surface area contributed by atoms with Gasteiger partial charge in [0.05, 0.1) is 5.92 Å². The lowest BCUT2D eigenvalue weighted by molar-refractivity contribution is -0.131. The number of guanidine groups is 1. The molecule has 2 fully saturated rings. The van der Waals surface area contributed by atoms with E-state index in [9.17, 15) is 9.59 Å². The lowest BCUT2D eigenvalue weighted by Crippen LogP contribution is -2.53. The van der Waals surface area contributed by atoms with Gasteiger partial charge in [0.1, 0.15) is 11.9 Å². The van der Waals surface area contributed by atoms with Gasteiger partial charge in [-0.2, -0.15) is 0 Å². The number of nitrogens with zero attached hydrogens (tertiary/aromatic N) is 1. The van der Waals surface area contributed by atoms with Gasteiger partial charge in [0, 0.05) is 30.2 Å². The second-order valence-corrected chi connectivity index (χ2v) is 11.7. The summed E-state index contributed by atoms with van der Waals surface area (Å²) < 4.78 is 0. The van der Waals surface area contributed by atoms with Crippen LogP contribution in [0.25, 0.3) is 0 Å². The molecule has 9 nitrogen and oxygen atoms in total. The number of benzene rings is 2. The van der Waals surface area contributed by atoms with Crippen LogP contribution in [0.5, 0.6) is 0 Å². The Kier molecular flexibility index (Phi) is 10.6. The Morgan fingerprint density at radius 2 is 1.59 bits per heavy atom. The Morgan fingerprint density at radius 1 is 0.927 bits per heavy atom. The summed E-state index contributed by atoms with van der Waals surface area (Å²) in [5, 5.41) is 22.1. The maximum atomic E-state index is 14.0. The Hall–Kier alpha value is -3.59. The molecule has 10 heteroatoms. The molecule has 2 atom stereocenters. The van der Waals surface area contributed by atoms with Crippen LogP contribution in [-0.4, -0.2) is 54.2 Å². The summed E-state index contributed by atoms with van der Waals surface area (Å²) in [6, 6.07) is 14.0. The predicted octanol–water partition coefficient (Wildman–Crippen LogP) is 3.74. The van der Waals surface area contributed by atoms with Gasteiger partial charge in [0.15, 0.2) is 5.96 Å². The van der Waals surface area contributed by atoms with Crippen LogP contribution >= 0.6 is 11.6 Å². The van der Waals surface area contributed by atoms with Gasteiger partial charge in [-0.3, -0.25) is 20.4 Å². The third-order valence-electron chi connectivity index (χ3n) is 8.52. The minimum atomic E-state index is -0.620. The average Bonchev–Trinajstić information content (AvgIpc) is 2.98. The molecule has 0 spiro atoms. The molecule has 41 heavy (non-hydrogen) atoms. The van der Waals surface area contributed by atoms with Gasteiger partial charge in [0.2, 0.25) is 11.8 Å². The fourth-order valence-electron chi connectivity index (χ4n) is 6.01. The molecule has 220 valence electrons. The van der Waals surface area contributed by atoms with Gasteiger partial charge >= 0.3 is 0 Å². The van der Waals surface area contributed by atoms with E-state index in [4.69, 9.17) is 33.9 Å². The van der Waals surface area contributed by atoms with E-state index in [2.05, 4.69) is 10.6 Å². The molecule has 1 saturated heterocycles. The van der Waals surface area contributed by atoms with Crippen molar-refractivity contribution in [3.05, 3.63) is 70.2 Å². The Balaban J connectivity index is 1.50. The molecule has 8 N–H and O–H groups in total. The van der Waals surface area contributed by atoms with E-state index in [0.29, 0.717) is 48.1 Å². The smallest absolute Gasteiger partial charge is 0.242 e. The maximum absolute atomic E-state index is 14.0. The number of hydrogen-bond donors (Lipinski definition) is 6. The van der Waals surface area contributed by atoms with Crippen LogP contribution in [0.2, 0.25) is 5.02 Å². The molecule has 4 rings (SSSR count). The minimum Gasteiger partial charge on any atom is -0.384 e. The third-order valence-corrected chi connectivity index (χ3v) is 8.87. The Morgan fingerprint density at radius 3 is 2.20 bits per heavy atom. The summed E-state index contributed by atoms with van der Waals surface area (Å²) in [5.41, 5.74) is 13.5. The molecule has 0 radical (unpaired) electrons. The van der Waals surface area contributed by atoms with Crippen LogP contribution in [0.4, 0.5) is 0 Å². The van der Waals surface area contributed by atoms with Gasteiger partial charge in [-0.15, -0.1) is 0 Å². The van der Waals surface area contributed by atoms with Crippen molar-refractivity contribution >= 4 is 35.2 Å². The van der Waals surface area contributed by atoms with Crippen molar-refractivity contribution < 1.29 is 9.59 Å². The molecule has 2 aromatic rings. The van der Waals surface area contributed by atoms with Gasteiger partial charge in [-0.1, -0.05) is 73.3 Å². The Labute approximate surface area is 247 Å². The number of carbonyl (C=O) groups is 2. The first-order valence-electron chi connectivity index (χ1n) is 14.6. The van der Waals surface area contributed by atoms with Crippen molar-refractivity contribution in [2.75, 3.05) is 19.6 Å². The van der Waals surface area contributed by atoms with Crippen molar-refractivity contribution in [3.63, 3.8) is 0 Å². The van der Waals surface area contributed by atoms with E-state index in [0.717, 1.165) is 50.5 Å². The SMILES string of the molecule is N=C(N)c1ccc(CC(C(=O)N[C@H](C(=O)NCC2CCN(C(=N)N)CC2)C2CCCCC2)c2ccccc2Cl)cc1. The zero-order valence-electron chi connectivity index (χ0n) is 23.5. The first kappa shape index (κ1) is 30.4. The zero-order valence-corrected chi connectivity index (χ0v) is 24.3. The van der Waals surface area contributed by atoms with Gasteiger partial charge in [-0.05, 0) is 61.1 Å². The normalized spacial score (nSPS) is 17.8. The van der Waals surface area contributed by atoms with E-state index in [1.807, 2.05) is 35.2 Å². The molecule has 2 aliphatic rings. The number of rotatable bonds is 10. The molecule has 0 bridgehead atoms. The molecular formula is C31H42ClN7O2. The summed E-state index contributed by atoms with van der Waals surface area (Å²) in [7, 11) is 0.